The van der Waals surface area contributed by atoms with Gasteiger partial charge in [0.05, 0.1) is 5.56 Å². The standard InChI is InChI=1S/C7H6O2.CH2O3.Cr.Cu/c8-7(9)6-4-2-1-3-5-6;2-1(3)4;;/h1-5H,(H,8,9);(H2,2,3,4);;. The minimum absolute atomic E-state index is 0. The number of aromatic carboxylic acids is 1. The van der Waals surface area contributed by atoms with E-state index in [1.165, 1.54) is 0 Å². The molecule has 0 aliphatic heterocycles. The molecule has 5 nitrogen and oxygen atoms in total. The van der Waals surface area contributed by atoms with E-state index in [0.29, 0.717) is 5.56 Å². The summed E-state index contributed by atoms with van der Waals surface area (Å²) in [5, 5.41) is 22.3. The van der Waals surface area contributed by atoms with Crippen LogP contribution in [0.1, 0.15) is 10.4 Å². The van der Waals surface area contributed by atoms with E-state index in [1.807, 2.05) is 0 Å². The van der Waals surface area contributed by atoms with E-state index in [0.717, 1.165) is 0 Å². The topological polar surface area (TPSA) is 94.8 Å². The molecule has 0 bridgehead atoms. The summed E-state index contributed by atoms with van der Waals surface area (Å²) in [6, 6.07) is 8.30. The Morgan fingerprint density at radius 2 is 1.27 bits per heavy atom. The van der Waals surface area contributed by atoms with Crippen molar-refractivity contribution < 1.29 is 59.3 Å². The Hall–Kier alpha value is -0.988. The molecule has 0 heterocycles. The van der Waals surface area contributed by atoms with Crippen molar-refractivity contribution in [1.82, 2.24) is 0 Å². The summed E-state index contributed by atoms with van der Waals surface area (Å²) in [6.07, 6.45) is -1.83. The largest absolute Gasteiger partial charge is 0.503 e. The number of carboxylic acids is 1. The Morgan fingerprint density at radius 3 is 1.47 bits per heavy atom. The van der Waals surface area contributed by atoms with Gasteiger partial charge in [-0.25, -0.2) is 9.59 Å². The molecule has 1 aromatic carbocycles. The maximum Gasteiger partial charge on any atom is 0.503 e. The molecular weight excluding hydrogens is 292 g/mol. The van der Waals surface area contributed by atoms with Crippen LogP contribution in [-0.2, 0) is 34.4 Å². The molecular formula is C8H8CrCuO5. The second-order valence-electron chi connectivity index (χ2n) is 1.95. The van der Waals surface area contributed by atoms with Crippen LogP contribution >= 0.6 is 0 Å². The molecule has 0 amide bonds. The monoisotopic (exact) mass is 299 g/mol. The maximum absolute atomic E-state index is 10.2. The van der Waals surface area contributed by atoms with Crippen molar-refractivity contribution in [3.63, 3.8) is 0 Å². The van der Waals surface area contributed by atoms with Crippen LogP contribution in [0.25, 0.3) is 0 Å². The number of hydrogen-bond donors (Lipinski definition) is 3. The van der Waals surface area contributed by atoms with Crippen molar-refractivity contribution in [3.8, 4) is 0 Å². The second-order valence-corrected chi connectivity index (χ2v) is 1.95. The van der Waals surface area contributed by atoms with Crippen molar-refractivity contribution in [1.29, 1.82) is 0 Å². The SMILES string of the molecule is O=C(O)O.O=C(O)c1ccccc1.[Cr].[Cu]. The van der Waals surface area contributed by atoms with Gasteiger partial charge in [0.15, 0.2) is 0 Å². The first-order valence-electron chi connectivity index (χ1n) is 3.24. The smallest absolute Gasteiger partial charge is 0.478 e. The van der Waals surface area contributed by atoms with Crippen LogP contribution in [-0.4, -0.2) is 27.4 Å². The maximum atomic E-state index is 10.2. The summed E-state index contributed by atoms with van der Waals surface area (Å²) in [7, 11) is 0. The van der Waals surface area contributed by atoms with Crippen molar-refractivity contribution in [3.05, 3.63) is 35.9 Å². The Kier molecular flexibility index (Phi) is 14.5. The average Bonchev–Trinajstić information content (AvgIpc) is 2.05. The first-order valence-corrected chi connectivity index (χ1v) is 3.24. The normalized spacial score (nSPS) is 6.93. The van der Waals surface area contributed by atoms with Crippen LogP contribution in [0.4, 0.5) is 4.79 Å². The zero-order valence-electron chi connectivity index (χ0n) is 7.25. The van der Waals surface area contributed by atoms with Crippen LogP contribution in [0, 0.1) is 0 Å². The molecule has 0 aliphatic rings. The molecule has 0 atom stereocenters. The summed E-state index contributed by atoms with van der Waals surface area (Å²) >= 11 is 0. The predicted molar refractivity (Wildman–Crippen MR) is 44.1 cm³/mol. The molecule has 0 fully saturated rings. The van der Waals surface area contributed by atoms with Gasteiger partial charge in [0.1, 0.15) is 0 Å². The second kappa shape index (κ2) is 11.1. The molecule has 0 spiro atoms. The number of carbonyl (C=O) groups is 2. The van der Waals surface area contributed by atoms with Gasteiger partial charge >= 0.3 is 12.1 Å². The summed E-state index contributed by atoms with van der Waals surface area (Å²) in [5.41, 5.74) is 0.331. The van der Waals surface area contributed by atoms with Crippen molar-refractivity contribution in [2.75, 3.05) is 0 Å². The Labute approximate surface area is 107 Å². The van der Waals surface area contributed by atoms with Crippen LogP contribution in [0.3, 0.4) is 0 Å². The number of benzene rings is 1. The minimum atomic E-state index is -1.83. The third-order valence-electron chi connectivity index (χ3n) is 1.02. The molecule has 87 valence electrons. The molecule has 1 aromatic rings. The van der Waals surface area contributed by atoms with Gasteiger partial charge < -0.3 is 15.3 Å². The van der Waals surface area contributed by atoms with E-state index in [9.17, 15) is 4.79 Å². The van der Waals surface area contributed by atoms with Gasteiger partial charge in [0.2, 0.25) is 0 Å². The summed E-state index contributed by atoms with van der Waals surface area (Å²) in [6.45, 7) is 0. The van der Waals surface area contributed by atoms with Gasteiger partial charge in [-0.1, -0.05) is 18.2 Å². The third-order valence-corrected chi connectivity index (χ3v) is 1.02. The Bertz CT molecular complexity index is 286. The molecule has 0 unspecified atom stereocenters. The van der Waals surface area contributed by atoms with Crippen molar-refractivity contribution in [2.45, 2.75) is 0 Å². The van der Waals surface area contributed by atoms with Crippen molar-refractivity contribution >= 4 is 12.1 Å². The molecule has 7 heteroatoms. The van der Waals surface area contributed by atoms with Gasteiger partial charge in [-0.15, -0.1) is 0 Å². The average molecular weight is 300 g/mol. The summed E-state index contributed by atoms with van der Waals surface area (Å²) in [5.74, 6) is -0.879. The van der Waals surface area contributed by atoms with Crippen LogP contribution in [0.15, 0.2) is 30.3 Å². The third kappa shape index (κ3) is 13.0. The van der Waals surface area contributed by atoms with E-state index >= 15 is 0 Å². The fourth-order valence-corrected chi connectivity index (χ4v) is 0.581. The quantitative estimate of drug-likeness (QED) is 0.685. The molecule has 0 aliphatic carbocycles. The van der Waals surface area contributed by atoms with E-state index < -0.39 is 12.1 Å². The van der Waals surface area contributed by atoms with E-state index in [2.05, 4.69) is 0 Å². The van der Waals surface area contributed by atoms with Crippen LogP contribution < -0.4 is 0 Å². The Balaban J connectivity index is -0.000000213. The molecule has 0 saturated carbocycles. The molecule has 1 radical (unpaired) electrons. The van der Waals surface area contributed by atoms with Gasteiger partial charge in [0.25, 0.3) is 0 Å². The van der Waals surface area contributed by atoms with Gasteiger partial charge in [-0.05, 0) is 12.1 Å². The van der Waals surface area contributed by atoms with E-state index in [4.69, 9.17) is 20.1 Å². The molecule has 0 aromatic heterocycles. The summed E-state index contributed by atoms with van der Waals surface area (Å²) in [4.78, 5) is 18.8. The number of carboxylic acid groups (broad SMARTS) is 3. The fourth-order valence-electron chi connectivity index (χ4n) is 0.581. The number of rotatable bonds is 1. The first kappa shape index (κ1) is 19.6. The van der Waals surface area contributed by atoms with Gasteiger partial charge in [-0.3, -0.25) is 0 Å². The zero-order chi connectivity index (χ0) is 10.3. The van der Waals surface area contributed by atoms with E-state index in [-0.39, 0.29) is 34.4 Å². The molecule has 15 heavy (non-hydrogen) atoms. The predicted octanol–water partition coefficient (Wildman–Crippen LogP) is 1.60. The minimum Gasteiger partial charge on any atom is -0.478 e. The molecule has 0 saturated heterocycles. The number of hydrogen-bond acceptors (Lipinski definition) is 2. The van der Waals surface area contributed by atoms with Gasteiger partial charge in [-0.2, -0.15) is 0 Å². The van der Waals surface area contributed by atoms with Gasteiger partial charge in [0, 0.05) is 34.4 Å². The van der Waals surface area contributed by atoms with Crippen LogP contribution in [0.5, 0.6) is 0 Å². The first-order chi connectivity index (χ1) is 6.04. The molecule has 3 N–H and O–H groups in total. The molecule has 1 rings (SSSR count). The fraction of sp³-hybridized carbons (Fsp3) is 0. The Morgan fingerprint density at radius 1 is 0.933 bits per heavy atom. The van der Waals surface area contributed by atoms with Crippen LogP contribution in [0.2, 0.25) is 0 Å². The summed E-state index contributed by atoms with van der Waals surface area (Å²) < 4.78 is 0. The zero-order valence-corrected chi connectivity index (χ0v) is 9.47. The van der Waals surface area contributed by atoms with E-state index in [1.54, 1.807) is 30.3 Å². The van der Waals surface area contributed by atoms with Crippen molar-refractivity contribution in [2.24, 2.45) is 0 Å².